The Balaban J connectivity index is 1.22. The molecule has 3 atom stereocenters. The third-order valence-electron chi connectivity index (χ3n) is 7.26. The highest BCUT2D eigenvalue weighted by atomic mass is 79.9. The maximum Gasteiger partial charge on any atom is 0.316 e. The fraction of sp³-hybridized carbons (Fsp3) is 0.241. The van der Waals surface area contributed by atoms with Gasteiger partial charge in [0.2, 0.25) is 5.91 Å². The smallest absolute Gasteiger partial charge is 0.316 e. The maximum atomic E-state index is 14.2. The van der Waals surface area contributed by atoms with Crippen LogP contribution in [0.4, 0.5) is 5.13 Å². The number of aromatic nitrogens is 3. The number of benzene rings is 2. The number of fused-ring (bicyclic) bond motifs is 1. The van der Waals surface area contributed by atoms with Gasteiger partial charge < -0.3 is 20.7 Å². The number of β-lactam (4-membered cyclic amide) rings is 1. The zero-order valence-electron chi connectivity index (χ0n) is 22.9. The molecule has 44 heavy (non-hydrogen) atoms. The van der Waals surface area contributed by atoms with Gasteiger partial charge in [0.05, 0.1) is 11.3 Å². The quantitative estimate of drug-likeness (QED) is 0.101. The Kier molecular flexibility index (Phi) is 9.37. The van der Waals surface area contributed by atoms with Crippen molar-refractivity contribution in [1.29, 1.82) is 0 Å². The average Bonchev–Trinajstić information content (AvgIpc) is 3.74. The lowest BCUT2D eigenvalue weighted by atomic mass is 9.88. The first-order chi connectivity index (χ1) is 21.4. The summed E-state index contributed by atoms with van der Waals surface area (Å²) >= 11 is 8.72. The molecule has 4 aromatic rings. The molecule has 0 bridgehead atoms. The number of hydrogen-bond acceptors (Lipinski definition) is 12. The van der Waals surface area contributed by atoms with Crippen LogP contribution in [0.25, 0.3) is 5.57 Å². The minimum Gasteiger partial charge on any atom is -0.452 e. The molecule has 4 heterocycles. The van der Waals surface area contributed by atoms with Crippen LogP contribution in [-0.2, 0) is 19.1 Å². The van der Waals surface area contributed by atoms with Crippen LogP contribution in [0.15, 0.2) is 80.9 Å². The molecule has 2 aromatic carbocycles. The van der Waals surface area contributed by atoms with Gasteiger partial charge in [0.1, 0.15) is 22.3 Å². The molecule has 2 saturated heterocycles. The van der Waals surface area contributed by atoms with Crippen LogP contribution in [0.5, 0.6) is 0 Å². The highest BCUT2D eigenvalue weighted by Gasteiger charge is 2.58. The number of ether oxygens (including phenoxy) is 1. The number of halogens is 1. The third-order valence-corrected chi connectivity index (χ3v) is 12.1. The van der Waals surface area contributed by atoms with E-state index < -0.39 is 29.4 Å². The maximum absolute atomic E-state index is 14.2. The third kappa shape index (κ3) is 6.29. The van der Waals surface area contributed by atoms with Gasteiger partial charge in [-0.2, -0.15) is 0 Å². The number of carbonyl (C=O) groups is 3. The van der Waals surface area contributed by atoms with Crippen molar-refractivity contribution in [3.63, 3.8) is 0 Å². The molecular weight excluding hydrogens is 705 g/mol. The van der Waals surface area contributed by atoms with Gasteiger partial charge in [-0.25, -0.2) is 4.98 Å². The first-order valence-electron chi connectivity index (χ1n) is 13.3. The second kappa shape index (κ2) is 13.4. The van der Waals surface area contributed by atoms with E-state index in [2.05, 4.69) is 36.4 Å². The van der Waals surface area contributed by atoms with Gasteiger partial charge >= 0.3 is 5.97 Å². The van der Waals surface area contributed by atoms with E-state index in [0.29, 0.717) is 22.3 Å². The van der Waals surface area contributed by atoms with Gasteiger partial charge in [0.25, 0.3) is 5.91 Å². The number of esters is 1. The lowest BCUT2D eigenvalue weighted by Gasteiger charge is -2.54. The number of rotatable bonds is 10. The van der Waals surface area contributed by atoms with Crippen molar-refractivity contribution < 1.29 is 19.1 Å². The predicted octanol–water partition coefficient (Wildman–Crippen LogP) is 4.82. The Hall–Kier alpha value is -3.24. The number of anilines is 1. The van der Waals surface area contributed by atoms with E-state index in [0.717, 1.165) is 15.5 Å². The van der Waals surface area contributed by atoms with Crippen LogP contribution in [-0.4, -0.2) is 67.3 Å². The van der Waals surface area contributed by atoms with E-state index in [9.17, 15) is 14.4 Å². The molecule has 2 amide bonds. The molecular formula is C29H25BrN6O4S4. The van der Waals surface area contributed by atoms with E-state index in [-0.39, 0.29) is 23.4 Å². The summed E-state index contributed by atoms with van der Waals surface area (Å²) in [5.41, 5.74) is 8.74. The molecule has 6 rings (SSSR count). The zero-order valence-corrected chi connectivity index (χ0v) is 27.7. The number of amides is 2. The number of thioether (sulfide) groups is 2. The lowest BCUT2D eigenvalue weighted by molar-refractivity contribution is -0.164. The van der Waals surface area contributed by atoms with Crippen LogP contribution in [0.3, 0.4) is 0 Å². The number of hydrogen-bond donors (Lipinski definition) is 2. The molecule has 226 valence electrons. The number of nitrogens with two attached hydrogens (primary N) is 1. The van der Waals surface area contributed by atoms with Crippen molar-refractivity contribution in [3.8, 4) is 0 Å². The molecule has 2 aliphatic rings. The molecule has 3 N–H and O–H groups in total. The minimum absolute atomic E-state index is 0.153. The molecule has 0 saturated carbocycles. The summed E-state index contributed by atoms with van der Waals surface area (Å²) in [7, 11) is 0. The zero-order chi connectivity index (χ0) is 30.7. The van der Waals surface area contributed by atoms with Crippen molar-refractivity contribution in [1.82, 2.24) is 25.4 Å². The summed E-state index contributed by atoms with van der Waals surface area (Å²) < 4.78 is 7.06. The molecule has 2 unspecified atom stereocenters. The molecule has 2 aromatic heterocycles. The number of carbonyl (C=O) groups excluding carboxylic acids is 3. The van der Waals surface area contributed by atoms with Crippen LogP contribution >= 0.6 is 62.1 Å². The van der Waals surface area contributed by atoms with E-state index in [1.54, 1.807) is 15.8 Å². The van der Waals surface area contributed by atoms with Gasteiger partial charge in [0.15, 0.2) is 15.6 Å². The fourth-order valence-corrected chi connectivity index (χ4v) is 9.33. The first kappa shape index (κ1) is 30.8. The number of nitrogens with zero attached hydrogens (tertiary/aromatic N) is 4. The van der Waals surface area contributed by atoms with Gasteiger partial charge in [0, 0.05) is 23.4 Å². The van der Waals surface area contributed by atoms with Crippen LogP contribution in [0.2, 0.25) is 0 Å². The first-order valence-corrected chi connectivity index (χ1v) is 18.0. The normalized spacial score (nSPS) is 21.5. The lowest BCUT2D eigenvalue weighted by Crippen LogP contribution is -2.74. The summed E-state index contributed by atoms with van der Waals surface area (Å²) in [5, 5.41) is 12.6. The topological polar surface area (TPSA) is 140 Å². The van der Waals surface area contributed by atoms with Gasteiger partial charge in [-0.05, 0) is 16.1 Å². The second-order valence-electron chi connectivity index (χ2n) is 10.1. The van der Waals surface area contributed by atoms with E-state index in [1.807, 2.05) is 60.7 Å². The summed E-state index contributed by atoms with van der Waals surface area (Å²) in [5.74, 6) is -0.368. The van der Waals surface area contributed by atoms with Gasteiger partial charge in [-0.1, -0.05) is 99.7 Å². The SMILES string of the molecule is Nc1nc(C(=CBr)C(=O)NC2C(=O)N3CC(CSc4nncs4)(C(=O)OC(c4ccccc4)c4ccccc4)CS[C@H]23)cs1. The Morgan fingerprint density at radius 1 is 1.16 bits per heavy atom. The van der Waals surface area contributed by atoms with Crippen LogP contribution in [0, 0.1) is 5.41 Å². The Labute approximate surface area is 278 Å². The highest BCUT2D eigenvalue weighted by Crippen LogP contribution is 2.46. The largest absolute Gasteiger partial charge is 0.452 e. The molecule has 2 aliphatic heterocycles. The van der Waals surface area contributed by atoms with Crippen molar-refractivity contribution in [3.05, 3.63) is 93.4 Å². The van der Waals surface area contributed by atoms with Gasteiger partial charge in [-0.3, -0.25) is 14.4 Å². The molecule has 0 radical (unpaired) electrons. The molecule has 10 nitrogen and oxygen atoms in total. The van der Waals surface area contributed by atoms with Crippen molar-refractivity contribution in [2.45, 2.75) is 21.9 Å². The summed E-state index contributed by atoms with van der Waals surface area (Å²) in [4.78, 5) is 48.1. The fourth-order valence-electron chi connectivity index (χ4n) is 4.99. The van der Waals surface area contributed by atoms with Crippen LogP contribution in [0.1, 0.15) is 22.9 Å². The predicted molar refractivity (Wildman–Crippen MR) is 177 cm³/mol. The van der Waals surface area contributed by atoms with E-state index >= 15 is 0 Å². The number of thiazole rings is 1. The molecule has 0 aliphatic carbocycles. The van der Waals surface area contributed by atoms with Gasteiger partial charge in [-0.15, -0.1) is 33.3 Å². The summed E-state index contributed by atoms with van der Waals surface area (Å²) in [6.45, 7) is 0.153. The van der Waals surface area contributed by atoms with Crippen molar-refractivity contribution >= 4 is 90.6 Å². The van der Waals surface area contributed by atoms with E-state index in [4.69, 9.17) is 10.5 Å². The molecule has 15 heteroatoms. The monoisotopic (exact) mass is 728 g/mol. The minimum atomic E-state index is -1.02. The molecule has 0 spiro atoms. The van der Waals surface area contributed by atoms with E-state index in [1.165, 1.54) is 51.2 Å². The number of nitrogen functional groups attached to an aromatic ring is 1. The summed E-state index contributed by atoms with van der Waals surface area (Å²) in [6, 6.07) is 18.5. The second-order valence-corrected chi connectivity index (χ2v) is 14.6. The highest BCUT2D eigenvalue weighted by molar-refractivity contribution is 9.11. The van der Waals surface area contributed by atoms with Crippen molar-refractivity contribution in [2.75, 3.05) is 23.8 Å². The molecule has 2 fully saturated rings. The van der Waals surface area contributed by atoms with Crippen LogP contribution < -0.4 is 11.1 Å². The Morgan fingerprint density at radius 2 is 1.86 bits per heavy atom. The Morgan fingerprint density at radius 3 is 2.45 bits per heavy atom. The standard InChI is InChI=1S/C29H25BrN6O4S4/c30-11-19(20-12-41-27(31)33-20)23(37)34-21-24(38)36-13-29(14-42-25(21)36,15-43-28-35-32-16-44-28)26(39)40-22(17-7-3-1-4-8-17)18-9-5-2-6-10-18/h1-12,16,21-22,25H,13-15H2,(H2,31,33)(H,34,37)/t21?,25-,29?/m1/s1. The van der Waals surface area contributed by atoms with Crippen molar-refractivity contribution in [2.24, 2.45) is 5.41 Å². The number of nitrogens with one attached hydrogen (secondary N) is 1. The Bertz CT molecular complexity index is 1630. The average molecular weight is 730 g/mol. The summed E-state index contributed by atoms with van der Waals surface area (Å²) in [6.07, 6.45) is -0.621.